The van der Waals surface area contributed by atoms with Crippen LogP contribution in [0.2, 0.25) is 0 Å². The molecule has 0 saturated carbocycles. The highest BCUT2D eigenvalue weighted by molar-refractivity contribution is 7.10. The lowest BCUT2D eigenvalue weighted by Gasteiger charge is -2.15. The van der Waals surface area contributed by atoms with Gasteiger partial charge in [-0.05, 0) is 29.8 Å². The molecule has 0 radical (unpaired) electrons. The van der Waals surface area contributed by atoms with E-state index in [1.54, 1.807) is 24.6 Å². The molecule has 3 N–H and O–H groups in total. The molecule has 3 rings (SSSR count). The summed E-state index contributed by atoms with van der Waals surface area (Å²) in [6.45, 7) is 0. The molecule has 4 nitrogen and oxygen atoms in total. The van der Waals surface area contributed by atoms with Crippen molar-refractivity contribution >= 4 is 22.2 Å². The average molecular weight is 285 g/mol. The van der Waals surface area contributed by atoms with Crippen LogP contribution < -0.4 is 16.0 Å². The Bertz CT molecular complexity index is 726. The Morgan fingerprint density at radius 2 is 2.20 bits per heavy atom. The predicted octanol–water partition coefficient (Wildman–Crippen LogP) is 2.86. The van der Waals surface area contributed by atoms with E-state index < -0.39 is 0 Å². The summed E-state index contributed by atoms with van der Waals surface area (Å²) in [5, 5.41) is 3.08. The van der Waals surface area contributed by atoms with Crippen molar-refractivity contribution in [3.8, 4) is 5.75 Å². The number of pyridine rings is 1. The molecule has 3 aromatic rings. The summed E-state index contributed by atoms with van der Waals surface area (Å²) in [7, 11) is 1.67. The third-order valence-electron chi connectivity index (χ3n) is 3.24. The summed E-state index contributed by atoms with van der Waals surface area (Å²) in [4.78, 5) is 5.45. The van der Waals surface area contributed by atoms with Crippen LogP contribution in [0.1, 0.15) is 16.5 Å². The number of benzene rings is 1. The first kappa shape index (κ1) is 13.1. The van der Waals surface area contributed by atoms with Gasteiger partial charge in [-0.3, -0.25) is 10.8 Å². The van der Waals surface area contributed by atoms with E-state index in [0.717, 1.165) is 27.1 Å². The molecule has 0 amide bonds. The maximum Gasteiger partial charge on any atom is 0.129 e. The minimum atomic E-state index is -0.0477. The van der Waals surface area contributed by atoms with Crippen molar-refractivity contribution in [3.05, 3.63) is 58.4 Å². The van der Waals surface area contributed by atoms with Crippen molar-refractivity contribution in [2.45, 2.75) is 6.04 Å². The predicted molar refractivity (Wildman–Crippen MR) is 81.8 cm³/mol. The van der Waals surface area contributed by atoms with E-state index in [1.165, 1.54) is 0 Å². The standard InChI is InChI=1S/C15H15N3OS/c1-19-12-8-14(20-9-12)15(18-16)11-4-5-13-10(7-11)3-2-6-17-13/h2-9,15,18H,16H2,1H3. The second-order valence-electron chi connectivity index (χ2n) is 4.44. The van der Waals surface area contributed by atoms with Gasteiger partial charge in [0, 0.05) is 21.8 Å². The van der Waals surface area contributed by atoms with Gasteiger partial charge in [-0.15, -0.1) is 11.3 Å². The quantitative estimate of drug-likeness (QED) is 0.571. The number of methoxy groups -OCH3 is 1. The Morgan fingerprint density at radius 1 is 1.30 bits per heavy atom. The highest BCUT2D eigenvalue weighted by atomic mass is 32.1. The third-order valence-corrected chi connectivity index (χ3v) is 4.22. The number of nitrogens with one attached hydrogen (secondary N) is 1. The monoisotopic (exact) mass is 285 g/mol. The lowest BCUT2D eigenvalue weighted by Crippen LogP contribution is -2.28. The molecule has 20 heavy (non-hydrogen) atoms. The molecule has 1 aromatic carbocycles. The normalized spacial score (nSPS) is 12.5. The van der Waals surface area contributed by atoms with E-state index in [0.29, 0.717) is 0 Å². The first-order valence-corrected chi connectivity index (χ1v) is 7.13. The van der Waals surface area contributed by atoms with E-state index in [9.17, 15) is 0 Å². The number of aromatic nitrogens is 1. The van der Waals surface area contributed by atoms with Crippen LogP contribution in [0.25, 0.3) is 10.9 Å². The number of hydrogen-bond donors (Lipinski definition) is 2. The Morgan fingerprint density at radius 3 is 2.95 bits per heavy atom. The molecule has 1 unspecified atom stereocenters. The minimum Gasteiger partial charge on any atom is -0.496 e. The third kappa shape index (κ3) is 2.38. The molecule has 0 aliphatic rings. The maximum absolute atomic E-state index is 5.73. The zero-order chi connectivity index (χ0) is 13.9. The molecule has 1 atom stereocenters. The SMILES string of the molecule is COc1csc(C(NN)c2ccc3ncccc3c2)c1. The van der Waals surface area contributed by atoms with E-state index in [1.807, 2.05) is 29.6 Å². The molecule has 2 aromatic heterocycles. The zero-order valence-electron chi connectivity index (χ0n) is 11.0. The van der Waals surface area contributed by atoms with Gasteiger partial charge in [0.1, 0.15) is 5.75 Å². The molecule has 2 heterocycles. The zero-order valence-corrected chi connectivity index (χ0v) is 11.9. The lowest BCUT2D eigenvalue weighted by molar-refractivity contribution is 0.416. The van der Waals surface area contributed by atoms with Crippen LogP contribution in [-0.2, 0) is 0 Å². The molecule has 0 bridgehead atoms. The van der Waals surface area contributed by atoms with Crippen LogP contribution in [0.15, 0.2) is 48.0 Å². The number of rotatable bonds is 4. The first-order chi connectivity index (χ1) is 9.81. The second-order valence-corrected chi connectivity index (χ2v) is 5.39. The van der Waals surface area contributed by atoms with Crippen molar-refractivity contribution in [2.24, 2.45) is 5.84 Å². The van der Waals surface area contributed by atoms with Crippen molar-refractivity contribution in [1.82, 2.24) is 10.4 Å². The van der Waals surface area contributed by atoms with E-state index in [2.05, 4.69) is 22.5 Å². The van der Waals surface area contributed by atoms with Gasteiger partial charge in [0.25, 0.3) is 0 Å². The summed E-state index contributed by atoms with van der Waals surface area (Å²) in [6, 6.07) is 12.1. The molecular formula is C15H15N3OS. The van der Waals surface area contributed by atoms with E-state index in [4.69, 9.17) is 10.6 Å². The highest BCUT2D eigenvalue weighted by Gasteiger charge is 2.15. The van der Waals surface area contributed by atoms with Crippen molar-refractivity contribution in [1.29, 1.82) is 0 Å². The number of ether oxygens (including phenoxy) is 1. The van der Waals surface area contributed by atoms with Gasteiger partial charge in [-0.1, -0.05) is 12.1 Å². The molecule has 0 aliphatic carbocycles. The molecule has 102 valence electrons. The number of fused-ring (bicyclic) bond motifs is 1. The van der Waals surface area contributed by atoms with Crippen LogP contribution in [0.5, 0.6) is 5.75 Å². The number of nitrogens with two attached hydrogens (primary N) is 1. The van der Waals surface area contributed by atoms with Crippen molar-refractivity contribution < 1.29 is 4.74 Å². The Labute approximate surface area is 121 Å². The van der Waals surface area contributed by atoms with Crippen LogP contribution in [0.3, 0.4) is 0 Å². The number of nitrogens with zero attached hydrogens (tertiary/aromatic N) is 1. The number of hydrazine groups is 1. The van der Waals surface area contributed by atoms with Gasteiger partial charge < -0.3 is 4.74 Å². The molecule has 0 spiro atoms. The smallest absolute Gasteiger partial charge is 0.129 e. The topological polar surface area (TPSA) is 60.2 Å². The summed E-state index contributed by atoms with van der Waals surface area (Å²) in [5.41, 5.74) is 4.96. The number of thiophene rings is 1. The highest BCUT2D eigenvalue weighted by Crippen LogP contribution is 2.31. The van der Waals surface area contributed by atoms with Crippen LogP contribution in [0.4, 0.5) is 0 Å². The van der Waals surface area contributed by atoms with Crippen LogP contribution in [-0.4, -0.2) is 12.1 Å². The van der Waals surface area contributed by atoms with Crippen molar-refractivity contribution in [2.75, 3.05) is 7.11 Å². The summed E-state index contributed by atoms with van der Waals surface area (Å²) < 4.78 is 5.23. The van der Waals surface area contributed by atoms with Gasteiger partial charge in [-0.25, -0.2) is 5.43 Å². The average Bonchev–Trinajstić information content (AvgIpc) is 2.97. The molecule has 0 fully saturated rings. The molecule has 5 heteroatoms. The van der Waals surface area contributed by atoms with Gasteiger partial charge in [0.2, 0.25) is 0 Å². The second kappa shape index (κ2) is 5.58. The Hall–Kier alpha value is -1.95. The number of hydrogen-bond acceptors (Lipinski definition) is 5. The van der Waals surface area contributed by atoms with Crippen LogP contribution in [0, 0.1) is 0 Å². The van der Waals surface area contributed by atoms with Crippen molar-refractivity contribution in [3.63, 3.8) is 0 Å². The fraction of sp³-hybridized carbons (Fsp3) is 0.133. The van der Waals surface area contributed by atoms with E-state index >= 15 is 0 Å². The summed E-state index contributed by atoms with van der Waals surface area (Å²) in [5.74, 6) is 6.59. The molecule has 0 saturated heterocycles. The van der Waals surface area contributed by atoms with Gasteiger partial charge >= 0.3 is 0 Å². The molecular weight excluding hydrogens is 270 g/mol. The Balaban J connectivity index is 2.02. The summed E-state index contributed by atoms with van der Waals surface area (Å²) >= 11 is 1.62. The van der Waals surface area contributed by atoms with E-state index in [-0.39, 0.29) is 6.04 Å². The maximum atomic E-state index is 5.73. The lowest BCUT2D eigenvalue weighted by atomic mass is 10.0. The molecule has 0 aliphatic heterocycles. The largest absolute Gasteiger partial charge is 0.496 e. The fourth-order valence-corrected chi connectivity index (χ4v) is 3.15. The minimum absolute atomic E-state index is 0.0477. The fourth-order valence-electron chi connectivity index (χ4n) is 2.21. The van der Waals surface area contributed by atoms with Gasteiger partial charge in [-0.2, -0.15) is 0 Å². The van der Waals surface area contributed by atoms with Gasteiger partial charge in [0.15, 0.2) is 0 Å². The van der Waals surface area contributed by atoms with Gasteiger partial charge in [0.05, 0.1) is 18.7 Å². The van der Waals surface area contributed by atoms with Crippen LogP contribution >= 0.6 is 11.3 Å². The first-order valence-electron chi connectivity index (χ1n) is 6.25. The Kier molecular flexibility index (Phi) is 3.64. The summed E-state index contributed by atoms with van der Waals surface area (Å²) in [6.07, 6.45) is 1.80.